The number of likely N-dealkylation sites (tertiary alicyclic amines) is 2. The molecular formula is C82H112N6O6. The van der Waals surface area contributed by atoms with Crippen molar-refractivity contribution in [1.29, 1.82) is 0 Å². The number of ketones is 4. The molecule has 12 heteroatoms. The van der Waals surface area contributed by atoms with Crippen LogP contribution in [0.25, 0.3) is 21.8 Å². The first-order valence-electron chi connectivity index (χ1n) is 37.1. The number of amides is 1. The van der Waals surface area contributed by atoms with Gasteiger partial charge in [0.1, 0.15) is 6.29 Å². The van der Waals surface area contributed by atoms with Crippen LogP contribution in [0.15, 0.2) is 94.1 Å². The van der Waals surface area contributed by atoms with E-state index in [1.54, 1.807) is 0 Å². The Kier molecular flexibility index (Phi) is 21.1. The van der Waals surface area contributed by atoms with E-state index in [2.05, 4.69) is 100 Å². The highest BCUT2D eigenvalue weighted by atomic mass is 16.2. The molecule has 1 amide bonds. The highest BCUT2D eigenvalue weighted by Gasteiger charge is 2.52. The van der Waals surface area contributed by atoms with Crippen molar-refractivity contribution in [3.8, 4) is 0 Å². The summed E-state index contributed by atoms with van der Waals surface area (Å²) in [5.41, 5.74) is 18.4. The van der Waals surface area contributed by atoms with Gasteiger partial charge in [0, 0.05) is 121 Å². The van der Waals surface area contributed by atoms with Gasteiger partial charge < -0.3 is 34.8 Å². The predicted molar refractivity (Wildman–Crippen MR) is 379 cm³/mol. The lowest BCUT2D eigenvalue weighted by atomic mass is 9.49. The van der Waals surface area contributed by atoms with E-state index in [-0.39, 0.29) is 35.1 Å². The van der Waals surface area contributed by atoms with Gasteiger partial charge in [0.25, 0.3) is 0 Å². The summed E-state index contributed by atoms with van der Waals surface area (Å²) < 4.78 is 4.81. The molecule has 8 saturated carbocycles. The lowest BCUT2D eigenvalue weighted by molar-refractivity contribution is -0.129. The second kappa shape index (κ2) is 29.1. The summed E-state index contributed by atoms with van der Waals surface area (Å²) in [7, 11) is 0. The van der Waals surface area contributed by atoms with E-state index in [1.807, 2.05) is 39.8 Å². The smallest absolute Gasteiger partial charge is 0.220 e. The summed E-state index contributed by atoms with van der Waals surface area (Å²) in [5, 5.41) is 5.37. The summed E-state index contributed by atoms with van der Waals surface area (Å²) in [6, 6.07) is 17.2. The topological polar surface area (TPSA) is 157 Å². The molecule has 2 atom stereocenters. The molecule has 2 aliphatic heterocycles. The molecule has 2 saturated heterocycles. The van der Waals surface area contributed by atoms with Crippen molar-refractivity contribution in [2.75, 3.05) is 52.4 Å². The SMILES string of the molecule is CC1=CC(C)=C(CCC(=O)c2c(C)n([C@@H](C)C3CCN(CCN)CC3)c3ccccc23)C(=O)C1.CC1=CC(C)=C(CCC(=O)c2c(C)n([C@@H](C)C3CCN(CCNC(=O)CC45CC6CC(CC(C6)C4)C5)CC3)c3ccccc23)C(=O)C1.O=CCC12CC3CC(CC(C3)C1)C2. The van der Waals surface area contributed by atoms with Gasteiger partial charge in [-0.3, -0.25) is 24.0 Å². The maximum atomic E-state index is 13.8. The molecule has 0 spiro atoms. The Labute approximate surface area is 561 Å². The molecule has 94 heavy (non-hydrogen) atoms. The number of nitrogens with two attached hydrogens (primary N) is 1. The van der Waals surface area contributed by atoms with E-state index in [9.17, 15) is 28.8 Å². The fourth-order valence-corrected chi connectivity index (χ4v) is 22.0. The summed E-state index contributed by atoms with van der Waals surface area (Å²) in [6.45, 7) is 24.4. The molecule has 12 nitrogen and oxygen atoms in total. The number of aromatic nitrogens is 2. The van der Waals surface area contributed by atoms with Crippen molar-refractivity contribution in [2.45, 2.75) is 222 Å². The molecule has 10 fully saturated rings. The number of nitrogens with zero attached hydrogens (tertiary/aromatic N) is 4. The van der Waals surface area contributed by atoms with Gasteiger partial charge in [-0.2, -0.15) is 0 Å². The second-order valence-electron chi connectivity index (χ2n) is 32.4. The Hall–Kier alpha value is -5.82. The van der Waals surface area contributed by atoms with Gasteiger partial charge in [-0.1, -0.05) is 59.7 Å². The molecule has 10 aliphatic carbocycles. The number of piperidine rings is 2. The van der Waals surface area contributed by atoms with Gasteiger partial charge in [0.2, 0.25) is 5.91 Å². The molecule has 4 heterocycles. The van der Waals surface area contributed by atoms with Crippen molar-refractivity contribution in [2.24, 2.45) is 63.9 Å². The van der Waals surface area contributed by atoms with Crippen LogP contribution >= 0.6 is 0 Å². The maximum absolute atomic E-state index is 13.8. The Morgan fingerprint density at radius 2 is 0.947 bits per heavy atom. The van der Waals surface area contributed by atoms with E-state index in [0.29, 0.717) is 73.8 Å². The fraction of sp³-hybridized carbons (Fsp3) is 0.634. The van der Waals surface area contributed by atoms with Crippen molar-refractivity contribution in [1.82, 2.24) is 24.3 Å². The normalized spacial score (nSPS) is 28.5. The van der Waals surface area contributed by atoms with Crippen LogP contribution in [0, 0.1) is 72.0 Å². The number of rotatable bonds is 21. The minimum Gasteiger partial charge on any atom is -0.355 e. The quantitative estimate of drug-likeness (QED) is 0.0612. The number of benzene rings is 2. The van der Waals surface area contributed by atoms with Crippen LogP contribution in [0.4, 0.5) is 0 Å². The zero-order chi connectivity index (χ0) is 66.2. The third kappa shape index (κ3) is 14.7. The van der Waals surface area contributed by atoms with Crippen LogP contribution in [-0.4, -0.2) is 107 Å². The van der Waals surface area contributed by atoms with Gasteiger partial charge in [-0.05, 0) is 290 Å². The first-order valence-corrected chi connectivity index (χ1v) is 37.1. The lowest BCUT2D eigenvalue weighted by Crippen LogP contribution is -2.48. The van der Waals surface area contributed by atoms with Crippen LogP contribution in [0.3, 0.4) is 0 Å². The number of allylic oxidation sites excluding steroid dienone is 8. The number of aldehydes is 1. The largest absolute Gasteiger partial charge is 0.355 e. The molecule has 506 valence electrons. The highest BCUT2D eigenvalue weighted by molar-refractivity contribution is 6.11. The first kappa shape index (κ1) is 68.1. The summed E-state index contributed by atoms with van der Waals surface area (Å²) in [6.07, 6.45) is 30.9. The van der Waals surface area contributed by atoms with Crippen LogP contribution in [0.2, 0.25) is 0 Å². The van der Waals surface area contributed by atoms with Crippen molar-refractivity contribution in [3.05, 3.63) is 117 Å². The molecule has 12 aliphatic rings. The van der Waals surface area contributed by atoms with Gasteiger partial charge in [-0.15, -0.1) is 0 Å². The van der Waals surface area contributed by atoms with Gasteiger partial charge >= 0.3 is 0 Å². The van der Waals surface area contributed by atoms with Gasteiger partial charge in [-0.25, -0.2) is 0 Å². The standard InChI is InChI=1S/C41H55N3O3.C29H39N3O2.C12H18O/c1-26-17-27(2)34(38(46)18-26)9-10-37(45)40-29(4)44(36-8-6-5-7-35(36)40)28(3)33-11-14-43(15-12-33)16-13-42-39(47)25-41-22-30-19-31(23-41)21-32(20-30)24-41;1-19-17-20(2)24(28(34)18-19)9-10-27(33)29-22(4)32(26-8-6-5-7-25(26)29)21(3)23-11-14-31(15-12-23)16-13-30;13-2-1-12-6-9-3-10(7-12)5-11(4-9)8-12/h5-8,17,28,30-33H,9-16,18-25H2,1-4H3,(H,42,47);5-8,17,21,23H,9-16,18,30H2,1-4H3;2,9-11H,1,3-8H2/t28-,30?,31?,32?,41?;21-;/m00./s1. The van der Waals surface area contributed by atoms with E-state index in [1.165, 1.54) is 83.3 Å². The second-order valence-corrected chi connectivity index (χ2v) is 32.4. The summed E-state index contributed by atoms with van der Waals surface area (Å²) in [5.74, 6) is 7.62. The van der Waals surface area contributed by atoms with Gasteiger partial charge in [0.05, 0.1) is 0 Å². The molecule has 8 bridgehead atoms. The monoisotopic (exact) mass is 1280 g/mol. The van der Waals surface area contributed by atoms with Crippen molar-refractivity contribution < 1.29 is 28.8 Å². The number of carbonyl (C=O) groups excluding carboxylic acids is 6. The minimum absolute atomic E-state index is 0.129. The van der Waals surface area contributed by atoms with Crippen molar-refractivity contribution in [3.63, 3.8) is 0 Å². The summed E-state index contributed by atoms with van der Waals surface area (Å²) in [4.78, 5) is 81.3. The number of nitrogens with one attached hydrogen (secondary N) is 1. The number of carbonyl (C=O) groups is 6. The maximum Gasteiger partial charge on any atom is 0.220 e. The molecule has 4 aromatic rings. The minimum atomic E-state index is 0.129. The third-order valence-corrected chi connectivity index (χ3v) is 25.5. The number of fused-ring (bicyclic) bond motifs is 2. The number of hydrogen-bond donors (Lipinski definition) is 2. The molecule has 3 N–H and O–H groups in total. The number of hydrogen-bond acceptors (Lipinski definition) is 9. The van der Waals surface area contributed by atoms with Gasteiger partial charge in [0.15, 0.2) is 23.1 Å². The van der Waals surface area contributed by atoms with Crippen LogP contribution in [-0.2, 0) is 19.2 Å². The predicted octanol–water partition coefficient (Wildman–Crippen LogP) is 16.3. The Bertz CT molecular complexity index is 3570. The highest BCUT2D eigenvalue weighted by Crippen LogP contribution is 2.62. The lowest BCUT2D eigenvalue weighted by Gasteiger charge is -2.56. The average Bonchev–Trinajstić information content (AvgIpc) is 1.67. The molecule has 0 radical (unpaired) electrons. The first-order chi connectivity index (χ1) is 45.2. The Morgan fingerprint density at radius 1 is 0.564 bits per heavy atom. The van der Waals surface area contributed by atoms with E-state index >= 15 is 0 Å². The third-order valence-electron chi connectivity index (χ3n) is 25.5. The zero-order valence-corrected chi connectivity index (χ0v) is 58.6. The molecule has 0 unspecified atom stereocenters. The number of para-hydroxylation sites is 2. The Balaban J connectivity index is 0.000000156. The Morgan fingerprint density at radius 3 is 1.33 bits per heavy atom. The average molecular weight is 1280 g/mol. The van der Waals surface area contributed by atoms with Crippen LogP contribution in [0.1, 0.15) is 240 Å². The van der Waals surface area contributed by atoms with Crippen molar-refractivity contribution >= 4 is 57.1 Å². The van der Waals surface area contributed by atoms with E-state index in [0.717, 1.165) is 198 Å². The van der Waals surface area contributed by atoms with E-state index in [4.69, 9.17) is 5.73 Å². The number of Topliss-reactive ketones (excluding diaryl/α,β-unsaturated/α-hetero) is 4. The zero-order valence-electron chi connectivity index (χ0n) is 58.6. The molecule has 2 aromatic heterocycles. The molecule has 16 rings (SSSR count). The molecule has 2 aromatic carbocycles. The van der Waals surface area contributed by atoms with E-state index < -0.39 is 0 Å². The fourth-order valence-electron chi connectivity index (χ4n) is 22.0. The van der Waals surface area contributed by atoms with Crippen LogP contribution in [0.5, 0.6) is 0 Å². The van der Waals surface area contributed by atoms with Crippen LogP contribution < -0.4 is 11.1 Å². The molecular weight excluding hydrogens is 1160 g/mol. The summed E-state index contributed by atoms with van der Waals surface area (Å²) >= 11 is 0.